The molecule has 3 atom stereocenters. The van der Waals surface area contributed by atoms with E-state index in [1.807, 2.05) is 0 Å². The molecule has 0 radical (unpaired) electrons. The first-order valence-electron chi connectivity index (χ1n) is 12.4. The maximum absolute atomic E-state index is 13.8. The third kappa shape index (κ3) is 4.25. The minimum atomic E-state index is -4.59. The molecule has 208 valence electrons. The monoisotopic (exact) mass is 619 g/mol. The van der Waals surface area contributed by atoms with Crippen LogP contribution in [0.2, 0.25) is 0 Å². The highest BCUT2D eigenvalue weighted by atomic mass is 79.9. The van der Waals surface area contributed by atoms with E-state index >= 15 is 0 Å². The number of anilines is 2. The molecular weight excluding hydrogens is 598 g/mol. The summed E-state index contributed by atoms with van der Waals surface area (Å²) in [5.74, 6) is -1.06. The average Bonchev–Trinajstić information content (AvgIpc) is 3.41. The van der Waals surface area contributed by atoms with E-state index in [2.05, 4.69) is 36.2 Å². The molecule has 2 fully saturated rings. The largest absolute Gasteiger partial charge is 0.416 e. The topological polar surface area (TPSA) is 119 Å². The van der Waals surface area contributed by atoms with Gasteiger partial charge in [0.25, 0.3) is 0 Å². The SMILES string of the molecule is Cc1cc(F)c(Br)nc1NC(=O)[C@@H]1C[C@H]2CC2N1C(=O)Cn1c2ncnc(N)c2c2cc(C(F)(F)F)cc(C)c21. The van der Waals surface area contributed by atoms with Crippen LogP contribution in [0.5, 0.6) is 0 Å². The highest BCUT2D eigenvalue weighted by Gasteiger charge is 2.56. The predicted octanol–water partition coefficient (Wildman–Crippen LogP) is 4.73. The Morgan fingerprint density at radius 2 is 1.90 bits per heavy atom. The molecule has 0 spiro atoms. The van der Waals surface area contributed by atoms with Crippen molar-refractivity contribution in [1.82, 2.24) is 24.4 Å². The van der Waals surface area contributed by atoms with Gasteiger partial charge in [0, 0.05) is 11.4 Å². The molecular formula is C26H22BrF4N7O2. The highest BCUT2D eigenvalue weighted by molar-refractivity contribution is 9.10. The molecule has 1 aliphatic heterocycles. The number of fused-ring (bicyclic) bond motifs is 4. The van der Waals surface area contributed by atoms with Crippen molar-refractivity contribution in [3.05, 3.63) is 51.6 Å². The molecule has 4 heterocycles. The Balaban J connectivity index is 1.36. The van der Waals surface area contributed by atoms with Crippen LogP contribution in [-0.2, 0) is 22.3 Å². The Morgan fingerprint density at radius 1 is 1.15 bits per heavy atom. The van der Waals surface area contributed by atoms with E-state index in [9.17, 15) is 27.2 Å². The molecule has 1 aliphatic carbocycles. The number of nitrogen functional groups attached to an aromatic ring is 1. The smallest absolute Gasteiger partial charge is 0.383 e. The van der Waals surface area contributed by atoms with E-state index in [1.54, 1.807) is 6.92 Å². The standard InChI is InChI=1S/C26H22BrF4N7O2/c1-10-3-13(26(29,30)31)7-14-19-22(32)33-9-34-24(19)37(20(10)14)8-18(39)38-16-5-12(16)6-17(38)25(40)36-23-11(2)4-15(28)21(27)35-23/h3-4,7,9,12,16-17H,5-6,8H2,1-2H3,(H2,32,33,34)(H,35,36,40)/t12-,16?,17+/m1/s1. The number of nitrogens with two attached hydrogens (primary N) is 1. The van der Waals surface area contributed by atoms with E-state index in [4.69, 9.17) is 5.73 Å². The maximum Gasteiger partial charge on any atom is 0.416 e. The summed E-state index contributed by atoms with van der Waals surface area (Å²) in [6, 6.07) is 2.34. The first kappa shape index (κ1) is 26.4. The number of nitrogens with zero attached hydrogens (tertiary/aromatic N) is 5. The Morgan fingerprint density at radius 3 is 2.62 bits per heavy atom. The molecule has 3 N–H and O–H groups in total. The van der Waals surface area contributed by atoms with Crippen molar-refractivity contribution in [2.45, 2.75) is 51.5 Å². The number of benzene rings is 1. The second-order valence-electron chi connectivity index (χ2n) is 10.3. The van der Waals surface area contributed by atoms with Crippen LogP contribution in [0, 0.1) is 25.6 Å². The van der Waals surface area contributed by atoms with Crippen LogP contribution < -0.4 is 11.1 Å². The summed E-state index contributed by atoms with van der Waals surface area (Å²) in [5.41, 5.74) is 6.54. The molecule has 2 aliphatic rings. The number of likely N-dealkylation sites (tertiary alicyclic amines) is 1. The minimum Gasteiger partial charge on any atom is -0.383 e. The zero-order chi connectivity index (χ0) is 28.7. The second kappa shape index (κ2) is 9.11. The summed E-state index contributed by atoms with van der Waals surface area (Å²) in [4.78, 5) is 40.9. The lowest BCUT2D eigenvalue weighted by Crippen LogP contribution is -2.46. The van der Waals surface area contributed by atoms with E-state index in [0.717, 1.165) is 18.6 Å². The number of carbonyl (C=O) groups is 2. The quantitative estimate of drug-likeness (QED) is 0.252. The van der Waals surface area contributed by atoms with Crippen molar-refractivity contribution < 1.29 is 27.2 Å². The molecule has 0 bridgehead atoms. The summed E-state index contributed by atoms with van der Waals surface area (Å²) in [6.07, 6.45) is -2.18. The summed E-state index contributed by atoms with van der Waals surface area (Å²) < 4.78 is 56.1. The first-order valence-corrected chi connectivity index (χ1v) is 13.2. The Kier molecular flexibility index (Phi) is 6.02. The normalized spacial score (nSPS) is 20.3. The molecule has 1 aromatic carbocycles. The minimum absolute atomic E-state index is 0.00562. The van der Waals surface area contributed by atoms with Gasteiger partial charge in [0.2, 0.25) is 11.8 Å². The molecule has 2 amide bonds. The van der Waals surface area contributed by atoms with Crippen LogP contribution in [0.15, 0.2) is 29.1 Å². The van der Waals surface area contributed by atoms with Gasteiger partial charge in [0.15, 0.2) is 5.82 Å². The van der Waals surface area contributed by atoms with Gasteiger partial charge in [0.1, 0.15) is 40.8 Å². The lowest BCUT2D eigenvalue weighted by molar-refractivity contribution is -0.138. The second-order valence-corrected chi connectivity index (χ2v) is 11.0. The Bertz CT molecular complexity index is 1740. The van der Waals surface area contributed by atoms with Gasteiger partial charge in [-0.3, -0.25) is 9.59 Å². The molecule has 4 aromatic rings. The summed E-state index contributed by atoms with van der Waals surface area (Å²) >= 11 is 3.02. The number of rotatable bonds is 4. The van der Waals surface area contributed by atoms with Crippen molar-refractivity contribution in [1.29, 1.82) is 0 Å². The van der Waals surface area contributed by atoms with Gasteiger partial charge in [-0.2, -0.15) is 13.2 Å². The highest BCUT2D eigenvalue weighted by Crippen LogP contribution is 2.48. The molecule has 1 saturated carbocycles. The van der Waals surface area contributed by atoms with Gasteiger partial charge in [-0.1, -0.05) is 0 Å². The number of alkyl halides is 3. The van der Waals surface area contributed by atoms with Gasteiger partial charge in [-0.25, -0.2) is 19.3 Å². The summed E-state index contributed by atoms with van der Waals surface area (Å²) in [5, 5.41) is 3.13. The van der Waals surface area contributed by atoms with Gasteiger partial charge in [-0.15, -0.1) is 0 Å². The van der Waals surface area contributed by atoms with Crippen molar-refractivity contribution in [2.75, 3.05) is 11.1 Å². The van der Waals surface area contributed by atoms with Crippen molar-refractivity contribution in [3.63, 3.8) is 0 Å². The molecule has 3 aromatic heterocycles. The number of pyridine rings is 1. The van der Waals surface area contributed by atoms with E-state index < -0.39 is 29.5 Å². The van der Waals surface area contributed by atoms with Crippen molar-refractivity contribution >= 4 is 61.3 Å². The summed E-state index contributed by atoms with van der Waals surface area (Å²) in [6.45, 7) is 2.87. The molecule has 1 unspecified atom stereocenters. The van der Waals surface area contributed by atoms with Crippen molar-refractivity contribution in [3.8, 4) is 0 Å². The molecule has 1 saturated heterocycles. The number of amides is 2. The fourth-order valence-corrected chi connectivity index (χ4v) is 6.05. The third-order valence-electron chi connectivity index (χ3n) is 7.63. The number of piperidine rings is 1. The number of aromatic nitrogens is 4. The number of aryl methyl sites for hydroxylation is 2. The third-order valence-corrected chi connectivity index (χ3v) is 8.19. The van der Waals surface area contributed by atoms with Crippen molar-refractivity contribution in [2.24, 2.45) is 5.92 Å². The Labute approximate surface area is 232 Å². The predicted molar refractivity (Wildman–Crippen MR) is 142 cm³/mol. The van der Waals surface area contributed by atoms with Gasteiger partial charge >= 0.3 is 6.18 Å². The number of carbonyl (C=O) groups excluding carboxylic acids is 2. The van der Waals surface area contributed by atoms with Crippen LogP contribution in [0.1, 0.15) is 29.5 Å². The maximum atomic E-state index is 13.8. The van der Waals surface area contributed by atoms with Crippen LogP contribution >= 0.6 is 15.9 Å². The fourth-order valence-electron chi connectivity index (χ4n) is 5.75. The van der Waals surface area contributed by atoms with E-state index in [-0.39, 0.29) is 57.1 Å². The van der Waals surface area contributed by atoms with E-state index in [1.165, 1.54) is 28.8 Å². The lowest BCUT2D eigenvalue weighted by Gasteiger charge is -2.27. The molecule has 6 rings (SSSR count). The van der Waals surface area contributed by atoms with Gasteiger partial charge in [-0.05, 0) is 77.9 Å². The van der Waals surface area contributed by atoms with Gasteiger partial charge in [0.05, 0.1) is 16.5 Å². The number of hydrogen-bond donors (Lipinski definition) is 2. The average molecular weight is 620 g/mol. The number of halogens is 5. The zero-order valence-electron chi connectivity index (χ0n) is 21.2. The van der Waals surface area contributed by atoms with Crippen LogP contribution in [0.25, 0.3) is 21.9 Å². The molecule has 9 nitrogen and oxygen atoms in total. The zero-order valence-corrected chi connectivity index (χ0v) is 22.8. The van der Waals surface area contributed by atoms with Gasteiger partial charge < -0.3 is 20.5 Å². The fraction of sp³-hybridized carbons (Fsp3) is 0.346. The van der Waals surface area contributed by atoms with Crippen LogP contribution in [0.3, 0.4) is 0 Å². The van der Waals surface area contributed by atoms with Crippen LogP contribution in [-0.4, -0.2) is 48.3 Å². The van der Waals surface area contributed by atoms with Crippen LogP contribution in [0.4, 0.5) is 29.2 Å². The summed E-state index contributed by atoms with van der Waals surface area (Å²) in [7, 11) is 0. The number of nitrogens with one attached hydrogen (secondary N) is 1. The first-order chi connectivity index (χ1) is 18.8. The lowest BCUT2D eigenvalue weighted by atomic mass is 10.1. The molecule has 40 heavy (non-hydrogen) atoms. The van der Waals surface area contributed by atoms with E-state index in [0.29, 0.717) is 23.1 Å². The Hall–Kier alpha value is -3.81. The molecule has 14 heteroatoms. The number of hydrogen-bond acceptors (Lipinski definition) is 6.